The molecule has 0 bridgehead atoms. The molecule has 0 amide bonds. The van der Waals surface area contributed by atoms with Crippen molar-refractivity contribution in [3.05, 3.63) is 211 Å². The zero-order chi connectivity index (χ0) is 36.2. The van der Waals surface area contributed by atoms with Gasteiger partial charge in [0.25, 0.3) is 0 Å². The molecular formula is C53H39N. The normalized spacial score (nSPS) is 12.8. The van der Waals surface area contributed by atoms with Crippen molar-refractivity contribution < 1.29 is 0 Å². The van der Waals surface area contributed by atoms with E-state index >= 15 is 0 Å². The molecule has 1 nitrogen and oxygen atoms in total. The number of rotatable bonds is 6. The van der Waals surface area contributed by atoms with Crippen molar-refractivity contribution in [3.8, 4) is 44.5 Å². The highest BCUT2D eigenvalue weighted by Gasteiger charge is 2.36. The first kappa shape index (κ1) is 32.0. The Kier molecular flexibility index (Phi) is 7.56. The third kappa shape index (κ3) is 5.16. The Hall–Kier alpha value is -6.70. The van der Waals surface area contributed by atoms with Crippen LogP contribution in [0.15, 0.2) is 200 Å². The van der Waals surface area contributed by atoms with Gasteiger partial charge in [-0.05, 0) is 90.5 Å². The monoisotopic (exact) mass is 689 g/mol. The number of benzene rings is 9. The molecule has 0 saturated heterocycles. The van der Waals surface area contributed by atoms with Gasteiger partial charge in [0, 0.05) is 27.7 Å². The Balaban J connectivity index is 1.29. The first-order valence-corrected chi connectivity index (χ1v) is 18.9. The van der Waals surface area contributed by atoms with Gasteiger partial charge in [-0.25, -0.2) is 0 Å². The molecule has 0 saturated carbocycles. The summed E-state index contributed by atoms with van der Waals surface area (Å²) < 4.78 is 0. The van der Waals surface area contributed by atoms with Crippen molar-refractivity contribution in [1.29, 1.82) is 0 Å². The third-order valence-corrected chi connectivity index (χ3v) is 11.4. The lowest BCUT2D eigenvalue weighted by molar-refractivity contribution is 0.660. The van der Waals surface area contributed by atoms with Gasteiger partial charge in [0.15, 0.2) is 0 Å². The maximum atomic E-state index is 2.53. The van der Waals surface area contributed by atoms with Crippen LogP contribution >= 0.6 is 0 Å². The van der Waals surface area contributed by atoms with Crippen molar-refractivity contribution in [2.24, 2.45) is 0 Å². The van der Waals surface area contributed by atoms with Crippen LogP contribution in [-0.4, -0.2) is 0 Å². The highest BCUT2D eigenvalue weighted by atomic mass is 15.1. The number of hydrogen-bond donors (Lipinski definition) is 0. The molecule has 1 heteroatoms. The second-order valence-corrected chi connectivity index (χ2v) is 14.9. The van der Waals surface area contributed by atoms with E-state index in [1.165, 1.54) is 82.9 Å². The van der Waals surface area contributed by atoms with Crippen LogP contribution in [0.4, 0.5) is 17.1 Å². The standard InChI is InChI=1S/C53H39N/c1-53(2)49-27-14-13-24-45(49)46-33-32-42(35-50(46)53)54(41-21-15-20-40(34-41)37-18-7-4-8-19-37)52-48-26-12-10-23-44(48)43-22-9-11-25-47(43)51(52)39-30-28-38(29-31-39)36-16-5-3-6-17-36/h3-35H,1-2H3. The van der Waals surface area contributed by atoms with E-state index in [0.717, 1.165) is 11.4 Å². The van der Waals surface area contributed by atoms with E-state index in [4.69, 9.17) is 0 Å². The van der Waals surface area contributed by atoms with Gasteiger partial charge in [0.05, 0.1) is 5.69 Å². The second-order valence-electron chi connectivity index (χ2n) is 14.9. The number of fused-ring (bicyclic) bond motifs is 6. The number of anilines is 3. The van der Waals surface area contributed by atoms with Gasteiger partial charge in [0.2, 0.25) is 0 Å². The van der Waals surface area contributed by atoms with Gasteiger partial charge in [-0.2, -0.15) is 0 Å². The predicted octanol–water partition coefficient (Wildman–Crippen LogP) is 14.8. The number of nitrogens with zero attached hydrogens (tertiary/aromatic N) is 1. The molecule has 0 spiro atoms. The van der Waals surface area contributed by atoms with E-state index in [2.05, 4.69) is 219 Å². The quantitative estimate of drug-likeness (QED) is 0.157. The first-order valence-electron chi connectivity index (χ1n) is 18.9. The zero-order valence-corrected chi connectivity index (χ0v) is 30.5. The summed E-state index contributed by atoms with van der Waals surface area (Å²) in [5.74, 6) is 0. The lowest BCUT2D eigenvalue weighted by atomic mass is 9.82. The van der Waals surface area contributed by atoms with E-state index in [0.29, 0.717) is 0 Å². The van der Waals surface area contributed by atoms with Crippen molar-refractivity contribution >= 4 is 38.6 Å². The SMILES string of the molecule is CC1(C)c2ccccc2-c2ccc(N(c3cccc(-c4ccccc4)c3)c3c(-c4ccc(-c5ccccc5)cc4)c4ccccc4c4ccccc34)cc21. The fraction of sp³-hybridized carbons (Fsp3) is 0.0566. The predicted molar refractivity (Wildman–Crippen MR) is 230 cm³/mol. The molecule has 54 heavy (non-hydrogen) atoms. The van der Waals surface area contributed by atoms with Crippen LogP contribution in [0.5, 0.6) is 0 Å². The topological polar surface area (TPSA) is 3.24 Å². The molecular weight excluding hydrogens is 651 g/mol. The van der Waals surface area contributed by atoms with E-state index < -0.39 is 0 Å². The molecule has 256 valence electrons. The highest BCUT2D eigenvalue weighted by molar-refractivity contribution is 6.22. The van der Waals surface area contributed by atoms with Crippen molar-refractivity contribution in [1.82, 2.24) is 0 Å². The lowest BCUT2D eigenvalue weighted by Crippen LogP contribution is -2.17. The molecule has 0 aromatic heterocycles. The van der Waals surface area contributed by atoms with Crippen molar-refractivity contribution in [2.75, 3.05) is 4.90 Å². The summed E-state index contributed by atoms with van der Waals surface area (Å²) in [5.41, 5.74) is 15.9. The molecule has 1 aliphatic rings. The molecule has 0 heterocycles. The molecule has 0 unspecified atom stereocenters. The van der Waals surface area contributed by atoms with E-state index in [-0.39, 0.29) is 5.41 Å². The van der Waals surface area contributed by atoms with Crippen LogP contribution in [-0.2, 0) is 5.41 Å². The maximum Gasteiger partial charge on any atom is 0.0624 e. The average Bonchev–Trinajstić information content (AvgIpc) is 3.47. The van der Waals surface area contributed by atoms with Crippen LogP contribution in [0.25, 0.3) is 66.1 Å². The zero-order valence-electron chi connectivity index (χ0n) is 30.5. The van der Waals surface area contributed by atoms with Crippen LogP contribution in [0.2, 0.25) is 0 Å². The summed E-state index contributed by atoms with van der Waals surface area (Å²) in [6, 6.07) is 73.5. The minimum atomic E-state index is -0.138. The summed E-state index contributed by atoms with van der Waals surface area (Å²) >= 11 is 0. The van der Waals surface area contributed by atoms with Gasteiger partial charge < -0.3 is 4.90 Å². The Morgan fingerprint density at radius 2 is 0.833 bits per heavy atom. The summed E-state index contributed by atoms with van der Waals surface area (Å²) in [7, 11) is 0. The Labute approximate surface area is 317 Å². The van der Waals surface area contributed by atoms with Gasteiger partial charge in [-0.3, -0.25) is 0 Å². The lowest BCUT2D eigenvalue weighted by Gasteiger charge is -2.32. The summed E-state index contributed by atoms with van der Waals surface area (Å²) in [6.45, 7) is 4.74. The molecule has 9 aromatic carbocycles. The molecule has 0 radical (unpaired) electrons. The average molecular weight is 690 g/mol. The molecule has 0 atom stereocenters. The maximum absolute atomic E-state index is 2.53. The number of hydrogen-bond acceptors (Lipinski definition) is 1. The molecule has 0 aliphatic heterocycles. The van der Waals surface area contributed by atoms with Gasteiger partial charge in [0.1, 0.15) is 0 Å². The summed E-state index contributed by atoms with van der Waals surface area (Å²) in [6.07, 6.45) is 0. The van der Waals surface area contributed by atoms with Crippen LogP contribution in [0.1, 0.15) is 25.0 Å². The summed E-state index contributed by atoms with van der Waals surface area (Å²) in [4.78, 5) is 2.53. The fourth-order valence-electron chi connectivity index (χ4n) is 8.80. The smallest absolute Gasteiger partial charge is 0.0624 e. The van der Waals surface area contributed by atoms with E-state index in [1.807, 2.05) is 0 Å². The van der Waals surface area contributed by atoms with Gasteiger partial charge in [-0.1, -0.05) is 190 Å². The van der Waals surface area contributed by atoms with E-state index in [1.54, 1.807) is 0 Å². The molecule has 1 aliphatic carbocycles. The fourth-order valence-corrected chi connectivity index (χ4v) is 8.80. The van der Waals surface area contributed by atoms with Crippen molar-refractivity contribution in [2.45, 2.75) is 19.3 Å². The van der Waals surface area contributed by atoms with Crippen LogP contribution in [0.3, 0.4) is 0 Å². The van der Waals surface area contributed by atoms with Gasteiger partial charge in [-0.15, -0.1) is 0 Å². The Morgan fingerprint density at radius 3 is 1.56 bits per heavy atom. The molecule has 10 rings (SSSR count). The van der Waals surface area contributed by atoms with Crippen LogP contribution in [0, 0.1) is 0 Å². The first-order chi connectivity index (χ1) is 26.6. The molecule has 9 aromatic rings. The second kappa shape index (κ2) is 12.8. The minimum absolute atomic E-state index is 0.138. The molecule has 0 fully saturated rings. The van der Waals surface area contributed by atoms with E-state index in [9.17, 15) is 0 Å². The molecule has 0 N–H and O–H groups in total. The Morgan fingerprint density at radius 1 is 0.333 bits per heavy atom. The minimum Gasteiger partial charge on any atom is -0.309 e. The highest BCUT2D eigenvalue weighted by Crippen LogP contribution is 2.53. The van der Waals surface area contributed by atoms with Crippen LogP contribution < -0.4 is 4.90 Å². The largest absolute Gasteiger partial charge is 0.309 e. The van der Waals surface area contributed by atoms with Crippen molar-refractivity contribution in [3.63, 3.8) is 0 Å². The summed E-state index contributed by atoms with van der Waals surface area (Å²) in [5, 5.41) is 4.94. The third-order valence-electron chi connectivity index (χ3n) is 11.4. The Bertz CT molecular complexity index is 2830. The van der Waals surface area contributed by atoms with Gasteiger partial charge >= 0.3 is 0 Å².